The lowest BCUT2D eigenvalue weighted by molar-refractivity contribution is 0.0603. The molecule has 68 valence electrons. The number of halogens is 1. The van der Waals surface area contributed by atoms with Crippen LogP contribution in [-0.4, -0.2) is 18.2 Å². The van der Waals surface area contributed by atoms with Gasteiger partial charge in [0.1, 0.15) is 5.75 Å². The van der Waals surface area contributed by atoms with Crippen molar-refractivity contribution >= 4 is 33.2 Å². The molecular weight excluding hydrogens is 244 g/mol. The van der Waals surface area contributed by atoms with E-state index < -0.39 is 5.97 Å². The van der Waals surface area contributed by atoms with Crippen LogP contribution < -0.4 is 0 Å². The zero-order valence-electron chi connectivity index (χ0n) is 5.63. The average Bonchev–Trinajstić information content (AvgIpc) is 2.28. The van der Waals surface area contributed by atoms with Gasteiger partial charge >= 0.3 is 5.97 Å². The molecule has 3 nitrogen and oxygen atoms in total. The number of hydrogen-bond acceptors (Lipinski definition) is 4. The van der Waals surface area contributed by atoms with E-state index in [1.165, 1.54) is 13.2 Å². The molecule has 1 heterocycles. The van der Waals surface area contributed by atoms with Gasteiger partial charge in [-0.2, -0.15) is 0 Å². The van der Waals surface area contributed by atoms with Gasteiger partial charge in [0.05, 0.1) is 10.9 Å². The highest BCUT2D eigenvalue weighted by molar-refractivity contribution is 9.11. The summed E-state index contributed by atoms with van der Waals surface area (Å²) in [5, 5.41) is 9.11. The molecule has 0 atom stereocenters. The standard InChI is InChI=1S/C6H5BrO3S.CH4/c1-10-6(9)5-3(8)2-4(7)11-5;/h2,8H,1H3;1H4. The van der Waals surface area contributed by atoms with Gasteiger partial charge in [0.2, 0.25) is 0 Å². The van der Waals surface area contributed by atoms with Gasteiger partial charge in [0, 0.05) is 6.07 Å². The quantitative estimate of drug-likeness (QED) is 0.782. The number of rotatable bonds is 1. The summed E-state index contributed by atoms with van der Waals surface area (Å²) >= 11 is 4.27. The van der Waals surface area contributed by atoms with Crippen LogP contribution in [0.4, 0.5) is 0 Å². The van der Waals surface area contributed by atoms with E-state index in [0.29, 0.717) is 3.79 Å². The monoisotopic (exact) mass is 252 g/mol. The summed E-state index contributed by atoms with van der Waals surface area (Å²) in [6.45, 7) is 0. The van der Waals surface area contributed by atoms with Crippen molar-refractivity contribution in [2.45, 2.75) is 7.43 Å². The lowest BCUT2D eigenvalue weighted by atomic mass is 10.4. The minimum atomic E-state index is -0.516. The van der Waals surface area contributed by atoms with Crippen molar-refractivity contribution < 1.29 is 14.6 Å². The van der Waals surface area contributed by atoms with E-state index in [-0.39, 0.29) is 18.1 Å². The van der Waals surface area contributed by atoms with Crippen LogP contribution >= 0.6 is 27.3 Å². The second-order valence-electron chi connectivity index (χ2n) is 1.76. The normalized spacial score (nSPS) is 8.83. The van der Waals surface area contributed by atoms with Crippen molar-refractivity contribution in [3.05, 3.63) is 14.7 Å². The summed E-state index contributed by atoms with van der Waals surface area (Å²) in [5.74, 6) is -0.563. The highest BCUT2D eigenvalue weighted by Crippen LogP contribution is 2.32. The van der Waals surface area contributed by atoms with Gasteiger partial charge in [-0.15, -0.1) is 11.3 Å². The third-order valence-electron chi connectivity index (χ3n) is 1.05. The van der Waals surface area contributed by atoms with Gasteiger partial charge in [-0.3, -0.25) is 0 Å². The van der Waals surface area contributed by atoms with Crippen LogP contribution in [0.5, 0.6) is 5.75 Å². The lowest BCUT2D eigenvalue weighted by Gasteiger charge is -1.93. The van der Waals surface area contributed by atoms with E-state index >= 15 is 0 Å². The number of carbonyl (C=O) groups excluding carboxylic acids is 1. The van der Waals surface area contributed by atoms with Gasteiger partial charge in [0.15, 0.2) is 4.88 Å². The van der Waals surface area contributed by atoms with Crippen LogP contribution in [0.25, 0.3) is 0 Å². The van der Waals surface area contributed by atoms with Crippen LogP contribution in [-0.2, 0) is 4.74 Å². The van der Waals surface area contributed by atoms with E-state index in [1.807, 2.05) is 0 Å². The SMILES string of the molecule is C.COC(=O)c1sc(Br)cc1O. The molecule has 0 aliphatic rings. The van der Waals surface area contributed by atoms with Crippen LogP contribution in [0.1, 0.15) is 17.1 Å². The summed E-state index contributed by atoms with van der Waals surface area (Å²) in [6.07, 6.45) is 0. The number of carbonyl (C=O) groups is 1. The Balaban J connectivity index is 0.00000121. The van der Waals surface area contributed by atoms with E-state index in [0.717, 1.165) is 11.3 Å². The molecule has 0 aromatic carbocycles. The van der Waals surface area contributed by atoms with Crippen LogP contribution in [0, 0.1) is 0 Å². The molecule has 1 aromatic rings. The second-order valence-corrected chi connectivity index (χ2v) is 4.19. The molecule has 0 radical (unpaired) electrons. The van der Waals surface area contributed by atoms with Crippen molar-refractivity contribution in [1.29, 1.82) is 0 Å². The highest BCUT2D eigenvalue weighted by atomic mass is 79.9. The molecule has 5 heteroatoms. The third-order valence-corrected chi connectivity index (χ3v) is 2.66. The van der Waals surface area contributed by atoms with Crippen molar-refractivity contribution in [2.75, 3.05) is 7.11 Å². The van der Waals surface area contributed by atoms with Crippen LogP contribution in [0.2, 0.25) is 0 Å². The molecule has 0 spiro atoms. The molecule has 1 N–H and O–H groups in total. The predicted octanol–water partition coefficient (Wildman–Crippen LogP) is 2.64. The Morgan fingerprint density at radius 1 is 1.75 bits per heavy atom. The van der Waals surface area contributed by atoms with Crippen LogP contribution in [0.15, 0.2) is 9.85 Å². The molecular formula is C7H9BrO3S. The smallest absolute Gasteiger partial charge is 0.351 e. The molecule has 0 amide bonds. The maximum atomic E-state index is 10.9. The second kappa shape index (κ2) is 4.47. The van der Waals surface area contributed by atoms with Gasteiger partial charge in [0.25, 0.3) is 0 Å². The summed E-state index contributed by atoms with van der Waals surface area (Å²) < 4.78 is 5.13. The molecule has 0 aliphatic carbocycles. The van der Waals surface area contributed by atoms with Crippen molar-refractivity contribution in [2.24, 2.45) is 0 Å². The van der Waals surface area contributed by atoms with E-state index in [2.05, 4.69) is 20.7 Å². The maximum absolute atomic E-state index is 10.9. The Bertz CT molecular complexity index is 282. The Morgan fingerprint density at radius 3 is 2.67 bits per heavy atom. The minimum Gasteiger partial charge on any atom is -0.506 e. The summed E-state index contributed by atoms with van der Waals surface area (Å²) in [6, 6.07) is 1.46. The van der Waals surface area contributed by atoms with Crippen LogP contribution in [0.3, 0.4) is 0 Å². The first-order valence-corrected chi connectivity index (χ1v) is 4.32. The Labute approximate surface area is 83.1 Å². The zero-order valence-corrected chi connectivity index (χ0v) is 8.03. The summed E-state index contributed by atoms with van der Waals surface area (Å²) in [4.78, 5) is 11.1. The van der Waals surface area contributed by atoms with Gasteiger partial charge in [-0.25, -0.2) is 4.79 Å². The van der Waals surface area contributed by atoms with Crippen molar-refractivity contribution in [1.82, 2.24) is 0 Å². The lowest BCUT2D eigenvalue weighted by Crippen LogP contribution is -1.97. The first-order chi connectivity index (χ1) is 5.15. The fraction of sp³-hybridized carbons (Fsp3) is 0.286. The Kier molecular flexibility index (Phi) is 4.26. The maximum Gasteiger partial charge on any atom is 0.351 e. The zero-order chi connectivity index (χ0) is 8.43. The van der Waals surface area contributed by atoms with Gasteiger partial charge in [-0.1, -0.05) is 7.43 Å². The van der Waals surface area contributed by atoms with Gasteiger partial charge < -0.3 is 9.84 Å². The number of aromatic hydroxyl groups is 1. The fourth-order valence-corrected chi connectivity index (χ4v) is 1.99. The van der Waals surface area contributed by atoms with Crippen molar-refractivity contribution in [3.63, 3.8) is 0 Å². The number of methoxy groups -OCH3 is 1. The molecule has 0 aliphatic heterocycles. The largest absolute Gasteiger partial charge is 0.506 e. The fourth-order valence-electron chi connectivity index (χ4n) is 0.591. The molecule has 0 saturated carbocycles. The molecule has 0 bridgehead atoms. The summed E-state index contributed by atoms with van der Waals surface area (Å²) in [5.41, 5.74) is 0. The van der Waals surface area contributed by atoms with E-state index in [9.17, 15) is 4.79 Å². The number of ether oxygens (including phenoxy) is 1. The minimum absolute atomic E-state index is 0. The third kappa shape index (κ3) is 2.22. The van der Waals surface area contributed by atoms with E-state index in [1.54, 1.807) is 0 Å². The number of thiophene rings is 1. The molecule has 1 rings (SSSR count). The first kappa shape index (κ1) is 11.4. The highest BCUT2D eigenvalue weighted by Gasteiger charge is 2.14. The number of esters is 1. The predicted molar refractivity (Wildman–Crippen MR) is 51.8 cm³/mol. The molecule has 0 saturated heterocycles. The molecule has 12 heavy (non-hydrogen) atoms. The summed E-state index contributed by atoms with van der Waals surface area (Å²) in [7, 11) is 1.27. The molecule has 1 aromatic heterocycles. The van der Waals surface area contributed by atoms with Gasteiger partial charge in [-0.05, 0) is 15.9 Å². The topological polar surface area (TPSA) is 46.5 Å². The van der Waals surface area contributed by atoms with Crippen molar-refractivity contribution in [3.8, 4) is 5.75 Å². The van der Waals surface area contributed by atoms with E-state index in [4.69, 9.17) is 5.11 Å². The molecule has 0 unspecified atom stereocenters. The first-order valence-electron chi connectivity index (χ1n) is 2.71. The Hall–Kier alpha value is -0.550. The molecule has 0 fully saturated rings. The number of hydrogen-bond donors (Lipinski definition) is 1. The Morgan fingerprint density at radius 2 is 2.33 bits per heavy atom. The average molecular weight is 253 g/mol.